The second-order valence-corrected chi connectivity index (χ2v) is 5.69. The number of rotatable bonds is 6. The quantitative estimate of drug-likeness (QED) is 0.617. The van der Waals surface area contributed by atoms with Gasteiger partial charge in [-0.15, -0.1) is 0 Å². The molecular formula is C18H19FN2O2S. The third kappa shape index (κ3) is 6.34. The molecular weight excluding hydrogens is 327 g/mol. The molecule has 0 atom stereocenters. The van der Waals surface area contributed by atoms with Crippen molar-refractivity contribution in [3.05, 3.63) is 59.9 Å². The molecule has 0 aliphatic carbocycles. The molecule has 0 saturated heterocycles. The molecule has 0 radical (unpaired) electrons. The standard InChI is InChI=1S/C18H19FN2O2S/c1-13-7-9-16(10-8-13)23-11-3-6-17(22)21-18(24)20-15-5-2-4-14(19)12-15/h2,4-5,7-10,12H,3,6,11H2,1H3,(H2,20,21,22,24). The number of ether oxygens (including phenoxy) is 1. The van der Waals surface area contributed by atoms with Crippen LogP contribution in [0, 0.1) is 12.7 Å². The molecule has 0 saturated carbocycles. The van der Waals surface area contributed by atoms with Crippen molar-refractivity contribution in [2.24, 2.45) is 0 Å². The van der Waals surface area contributed by atoms with Crippen molar-refractivity contribution < 1.29 is 13.9 Å². The molecule has 2 aromatic rings. The summed E-state index contributed by atoms with van der Waals surface area (Å²) in [7, 11) is 0. The molecule has 126 valence electrons. The zero-order valence-electron chi connectivity index (χ0n) is 13.3. The number of benzene rings is 2. The molecule has 0 aromatic heterocycles. The Bertz CT molecular complexity index is 704. The van der Waals surface area contributed by atoms with E-state index in [0.717, 1.165) is 5.75 Å². The summed E-state index contributed by atoms with van der Waals surface area (Å²) in [5, 5.41) is 5.46. The Morgan fingerprint density at radius 3 is 2.67 bits per heavy atom. The van der Waals surface area contributed by atoms with Gasteiger partial charge in [0.25, 0.3) is 0 Å². The molecule has 4 nitrogen and oxygen atoms in total. The number of anilines is 1. The summed E-state index contributed by atoms with van der Waals surface area (Å²) in [6.45, 7) is 2.45. The highest BCUT2D eigenvalue weighted by molar-refractivity contribution is 7.80. The monoisotopic (exact) mass is 346 g/mol. The van der Waals surface area contributed by atoms with Gasteiger partial charge in [-0.25, -0.2) is 4.39 Å². The smallest absolute Gasteiger partial charge is 0.226 e. The average Bonchev–Trinajstić information content (AvgIpc) is 2.53. The Kier molecular flexibility index (Phi) is 6.69. The third-order valence-corrected chi connectivity index (χ3v) is 3.38. The molecule has 2 aromatic carbocycles. The van der Waals surface area contributed by atoms with Crippen LogP contribution < -0.4 is 15.4 Å². The molecule has 0 unspecified atom stereocenters. The maximum absolute atomic E-state index is 13.1. The Balaban J connectivity index is 1.65. The van der Waals surface area contributed by atoms with Crippen LogP contribution in [-0.2, 0) is 4.79 Å². The van der Waals surface area contributed by atoms with Crippen LogP contribution in [0.5, 0.6) is 5.75 Å². The van der Waals surface area contributed by atoms with Gasteiger partial charge in [0.1, 0.15) is 11.6 Å². The SMILES string of the molecule is Cc1ccc(OCCCC(=O)NC(=S)Nc2cccc(F)c2)cc1. The van der Waals surface area contributed by atoms with E-state index in [2.05, 4.69) is 10.6 Å². The fourth-order valence-electron chi connectivity index (χ4n) is 1.97. The first-order chi connectivity index (χ1) is 11.5. The molecule has 2 rings (SSSR count). The van der Waals surface area contributed by atoms with Gasteiger partial charge < -0.3 is 15.4 Å². The number of hydrogen-bond donors (Lipinski definition) is 2. The summed E-state index contributed by atoms with van der Waals surface area (Å²) in [4.78, 5) is 11.8. The number of thiocarbonyl (C=S) groups is 1. The van der Waals surface area contributed by atoms with Gasteiger partial charge in [0.05, 0.1) is 6.61 Å². The molecule has 1 amide bonds. The van der Waals surface area contributed by atoms with E-state index in [0.29, 0.717) is 18.7 Å². The van der Waals surface area contributed by atoms with Crippen LogP contribution in [0.2, 0.25) is 0 Å². The minimum atomic E-state index is -0.373. The first-order valence-corrected chi connectivity index (χ1v) is 7.99. The largest absolute Gasteiger partial charge is 0.494 e. The van der Waals surface area contributed by atoms with Gasteiger partial charge in [0.2, 0.25) is 5.91 Å². The summed E-state index contributed by atoms with van der Waals surface area (Å²) in [6.07, 6.45) is 0.860. The van der Waals surface area contributed by atoms with Crippen molar-refractivity contribution in [2.75, 3.05) is 11.9 Å². The van der Waals surface area contributed by atoms with Crippen LogP contribution >= 0.6 is 12.2 Å². The predicted octanol–water partition coefficient (Wildman–Crippen LogP) is 3.81. The van der Waals surface area contributed by atoms with E-state index >= 15 is 0 Å². The van der Waals surface area contributed by atoms with Gasteiger partial charge in [-0.3, -0.25) is 4.79 Å². The van der Waals surface area contributed by atoms with E-state index in [1.165, 1.54) is 17.7 Å². The number of aryl methyl sites for hydroxylation is 1. The zero-order valence-corrected chi connectivity index (χ0v) is 14.2. The van der Waals surface area contributed by atoms with Crippen LogP contribution in [-0.4, -0.2) is 17.6 Å². The molecule has 0 spiro atoms. The van der Waals surface area contributed by atoms with Crippen molar-refractivity contribution in [3.63, 3.8) is 0 Å². The molecule has 0 heterocycles. The highest BCUT2D eigenvalue weighted by Gasteiger charge is 2.05. The van der Waals surface area contributed by atoms with Crippen LogP contribution in [0.4, 0.5) is 10.1 Å². The van der Waals surface area contributed by atoms with Crippen LogP contribution in [0.3, 0.4) is 0 Å². The van der Waals surface area contributed by atoms with Crippen LogP contribution in [0.25, 0.3) is 0 Å². The lowest BCUT2D eigenvalue weighted by molar-refractivity contribution is -0.119. The fourth-order valence-corrected chi connectivity index (χ4v) is 2.21. The minimum absolute atomic E-state index is 0.144. The number of carbonyl (C=O) groups excluding carboxylic acids is 1. The van der Waals surface area contributed by atoms with Crippen molar-refractivity contribution >= 4 is 28.9 Å². The van der Waals surface area contributed by atoms with Gasteiger partial charge in [0, 0.05) is 12.1 Å². The summed E-state index contributed by atoms with van der Waals surface area (Å²) in [5.41, 5.74) is 1.66. The summed E-state index contributed by atoms with van der Waals surface area (Å²) < 4.78 is 18.6. The minimum Gasteiger partial charge on any atom is -0.494 e. The fraction of sp³-hybridized carbons (Fsp3) is 0.222. The molecule has 2 N–H and O–H groups in total. The maximum Gasteiger partial charge on any atom is 0.226 e. The Labute approximate surface area is 146 Å². The second-order valence-electron chi connectivity index (χ2n) is 5.28. The molecule has 0 bridgehead atoms. The van der Waals surface area contributed by atoms with E-state index in [1.807, 2.05) is 31.2 Å². The third-order valence-electron chi connectivity index (χ3n) is 3.17. The lowest BCUT2D eigenvalue weighted by atomic mass is 10.2. The lowest BCUT2D eigenvalue weighted by Crippen LogP contribution is -2.34. The molecule has 0 aliphatic rings. The number of hydrogen-bond acceptors (Lipinski definition) is 3. The Morgan fingerprint density at radius 2 is 1.96 bits per heavy atom. The first-order valence-electron chi connectivity index (χ1n) is 7.59. The molecule has 0 fully saturated rings. The number of nitrogens with one attached hydrogen (secondary N) is 2. The van der Waals surface area contributed by atoms with Crippen LogP contribution in [0.1, 0.15) is 18.4 Å². The highest BCUT2D eigenvalue weighted by atomic mass is 32.1. The molecule has 6 heteroatoms. The topological polar surface area (TPSA) is 50.4 Å². The van der Waals surface area contributed by atoms with Crippen molar-refractivity contribution in [1.29, 1.82) is 0 Å². The first kappa shape index (κ1) is 17.9. The van der Waals surface area contributed by atoms with Gasteiger partial charge >= 0.3 is 0 Å². The second kappa shape index (κ2) is 8.98. The Morgan fingerprint density at radius 1 is 1.21 bits per heavy atom. The predicted molar refractivity (Wildman–Crippen MR) is 96.7 cm³/mol. The van der Waals surface area contributed by atoms with E-state index in [9.17, 15) is 9.18 Å². The number of carbonyl (C=O) groups is 1. The van der Waals surface area contributed by atoms with E-state index in [4.69, 9.17) is 17.0 Å². The van der Waals surface area contributed by atoms with Gasteiger partial charge in [-0.1, -0.05) is 23.8 Å². The number of halogens is 1. The highest BCUT2D eigenvalue weighted by Crippen LogP contribution is 2.12. The van der Waals surface area contributed by atoms with Gasteiger partial charge in [-0.05, 0) is 55.9 Å². The van der Waals surface area contributed by atoms with E-state index in [-0.39, 0.29) is 23.3 Å². The maximum atomic E-state index is 13.1. The molecule has 24 heavy (non-hydrogen) atoms. The summed E-state index contributed by atoms with van der Waals surface area (Å²) in [5.74, 6) is 0.197. The van der Waals surface area contributed by atoms with E-state index in [1.54, 1.807) is 12.1 Å². The van der Waals surface area contributed by atoms with Crippen molar-refractivity contribution in [2.45, 2.75) is 19.8 Å². The summed E-state index contributed by atoms with van der Waals surface area (Å²) >= 11 is 5.03. The molecule has 0 aliphatic heterocycles. The Hall–Kier alpha value is -2.47. The zero-order chi connectivity index (χ0) is 17.4. The summed E-state index contributed by atoms with van der Waals surface area (Å²) in [6, 6.07) is 13.6. The lowest BCUT2D eigenvalue weighted by Gasteiger charge is -2.10. The van der Waals surface area contributed by atoms with E-state index < -0.39 is 0 Å². The van der Waals surface area contributed by atoms with Crippen molar-refractivity contribution in [3.8, 4) is 5.75 Å². The number of amides is 1. The van der Waals surface area contributed by atoms with Crippen LogP contribution in [0.15, 0.2) is 48.5 Å². The van der Waals surface area contributed by atoms with Gasteiger partial charge in [-0.2, -0.15) is 0 Å². The van der Waals surface area contributed by atoms with Gasteiger partial charge in [0.15, 0.2) is 5.11 Å². The average molecular weight is 346 g/mol. The van der Waals surface area contributed by atoms with Crippen molar-refractivity contribution in [1.82, 2.24) is 5.32 Å². The normalized spacial score (nSPS) is 10.1.